The predicted octanol–water partition coefficient (Wildman–Crippen LogP) is 2.10. The van der Waals surface area contributed by atoms with Gasteiger partial charge in [0, 0.05) is 23.9 Å². The Morgan fingerprint density at radius 2 is 2.35 bits per heavy atom. The quantitative estimate of drug-likeness (QED) is 0.652. The molecule has 6 nitrogen and oxygen atoms in total. The van der Waals surface area contributed by atoms with Crippen LogP contribution < -0.4 is 10.6 Å². The van der Waals surface area contributed by atoms with E-state index >= 15 is 0 Å². The molecule has 20 heavy (non-hydrogen) atoms. The molecule has 0 bridgehead atoms. The van der Waals surface area contributed by atoms with E-state index in [9.17, 15) is 14.9 Å². The topological polar surface area (TPSA) is 84.3 Å². The molecule has 0 saturated carbocycles. The highest BCUT2D eigenvalue weighted by molar-refractivity contribution is 5.93. The molecule has 0 aromatic heterocycles. The minimum absolute atomic E-state index is 0.0614. The smallest absolute Gasteiger partial charge is 0.274 e. The summed E-state index contributed by atoms with van der Waals surface area (Å²) in [5.41, 5.74) is 1.23. The van der Waals surface area contributed by atoms with Crippen LogP contribution in [-0.2, 0) is 11.2 Å². The van der Waals surface area contributed by atoms with Crippen molar-refractivity contribution in [2.45, 2.75) is 26.2 Å². The van der Waals surface area contributed by atoms with Crippen molar-refractivity contribution < 1.29 is 9.72 Å². The second-order valence-corrected chi connectivity index (χ2v) is 4.99. The Balaban J connectivity index is 2.10. The van der Waals surface area contributed by atoms with Gasteiger partial charge in [-0.05, 0) is 31.9 Å². The van der Waals surface area contributed by atoms with Crippen LogP contribution >= 0.6 is 0 Å². The number of hydrogen-bond donors (Lipinski definition) is 2. The highest BCUT2D eigenvalue weighted by atomic mass is 16.6. The molecule has 2 N–H and O–H groups in total. The van der Waals surface area contributed by atoms with E-state index in [1.54, 1.807) is 12.1 Å². The fraction of sp³-hybridized carbons (Fsp3) is 0.500. The number of hydrogen-bond acceptors (Lipinski definition) is 4. The summed E-state index contributed by atoms with van der Waals surface area (Å²) in [5, 5.41) is 17.0. The van der Waals surface area contributed by atoms with Crippen molar-refractivity contribution in [2.24, 2.45) is 5.92 Å². The number of anilines is 1. The van der Waals surface area contributed by atoms with Crippen molar-refractivity contribution in [2.75, 3.05) is 18.4 Å². The van der Waals surface area contributed by atoms with Crippen LogP contribution in [0.2, 0.25) is 0 Å². The molecule has 1 aromatic rings. The van der Waals surface area contributed by atoms with Crippen LogP contribution in [0, 0.1) is 16.0 Å². The number of amides is 1. The van der Waals surface area contributed by atoms with Crippen molar-refractivity contribution in [1.29, 1.82) is 0 Å². The standard InChI is InChI=1S/C14H19N3O3/c1-2-10-5-6-12(8-13(10)17(19)20)16-14(18)11-4-3-7-15-9-11/h5-6,8,11,15H,2-4,7,9H2,1H3,(H,16,18)/t11-/m1/s1. The van der Waals surface area contributed by atoms with E-state index < -0.39 is 4.92 Å². The lowest BCUT2D eigenvalue weighted by molar-refractivity contribution is -0.385. The molecule has 6 heteroatoms. The highest BCUT2D eigenvalue weighted by Gasteiger charge is 2.21. The van der Waals surface area contributed by atoms with Gasteiger partial charge in [0.05, 0.1) is 10.8 Å². The number of piperidine rings is 1. The summed E-state index contributed by atoms with van der Waals surface area (Å²) < 4.78 is 0. The summed E-state index contributed by atoms with van der Waals surface area (Å²) in [4.78, 5) is 22.7. The molecular formula is C14H19N3O3. The number of carbonyl (C=O) groups excluding carboxylic acids is 1. The summed E-state index contributed by atoms with van der Waals surface area (Å²) in [6, 6.07) is 4.86. The second-order valence-electron chi connectivity index (χ2n) is 4.99. The van der Waals surface area contributed by atoms with E-state index in [1.807, 2.05) is 6.92 Å². The van der Waals surface area contributed by atoms with E-state index in [-0.39, 0.29) is 17.5 Å². The van der Waals surface area contributed by atoms with Gasteiger partial charge >= 0.3 is 0 Å². The Morgan fingerprint density at radius 1 is 1.55 bits per heavy atom. The molecular weight excluding hydrogens is 258 g/mol. The number of aryl methyl sites for hydroxylation is 1. The third-order valence-electron chi connectivity index (χ3n) is 3.60. The van der Waals surface area contributed by atoms with Crippen LogP contribution in [0.25, 0.3) is 0 Å². The van der Waals surface area contributed by atoms with E-state index in [0.717, 1.165) is 19.4 Å². The van der Waals surface area contributed by atoms with Gasteiger partial charge < -0.3 is 10.6 Å². The lowest BCUT2D eigenvalue weighted by Gasteiger charge is -2.21. The number of rotatable bonds is 4. The maximum atomic E-state index is 12.1. The molecule has 1 aliphatic rings. The van der Waals surface area contributed by atoms with Crippen molar-refractivity contribution >= 4 is 17.3 Å². The minimum Gasteiger partial charge on any atom is -0.326 e. The third kappa shape index (κ3) is 3.33. The van der Waals surface area contributed by atoms with Crippen molar-refractivity contribution in [3.05, 3.63) is 33.9 Å². The zero-order valence-corrected chi connectivity index (χ0v) is 11.5. The van der Waals surface area contributed by atoms with E-state index in [1.165, 1.54) is 6.07 Å². The molecule has 0 radical (unpaired) electrons. The molecule has 1 amide bonds. The van der Waals surface area contributed by atoms with Crippen LogP contribution in [0.5, 0.6) is 0 Å². The fourth-order valence-corrected chi connectivity index (χ4v) is 2.43. The maximum Gasteiger partial charge on any atom is 0.274 e. The van der Waals surface area contributed by atoms with E-state index in [2.05, 4.69) is 10.6 Å². The minimum atomic E-state index is -0.406. The van der Waals surface area contributed by atoms with Crippen molar-refractivity contribution in [3.8, 4) is 0 Å². The van der Waals surface area contributed by atoms with Gasteiger partial charge in [-0.3, -0.25) is 14.9 Å². The number of nitro groups is 1. The fourth-order valence-electron chi connectivity index (χ4n) is 2.43. The van der Waals surface area contributed by atoms with Gasteiger partial charge in [0.1, 0.15) is 0 Å². The Morgan fingerprint density at radius 3 is 2.95 bits per heavy atom. The Hall–Kier alpha value is -1.95. The molecule has 1 atom stereocenters. The Labute approximate surface area is 117 Å². The number of carbonyl (C=O) groups is 1. The van der Waals surface area contributed by atoms with Crippen molar-refractivity contribution in [1.82, 2.24) is 5.32 Å². The van der Waals surface area contributed by atoms with Crippen LogP contribution in [-0.4, -0.2) is 23.9 Å². The van der Waals surface area contributed by atoms with Gasteiger partial charge in [-0.15, -0.1) is 0 Å². The molecule has 0 unspecified atom stereocenters. The Bertz CT molecular complexity index is 510. The number of nitrogens with zero attached hydrogens (tertiary/aromatic N) is 1. The van der Waals surface area contributed by atoms with Gasteiger partial charge in [-0.2, -0.15) is 0 Å². The lowest BCUT2D eigenvalue weighted by Crippen LogP contribution is -2.37. The predicted molar refractivity (Wildman–Crippen MR) is 76.7 cm³/mol. The average Bonchev–Trinajstić information content (AvgIpc) is 2.48. The summed E-state index contributed by atoms with van der Waals surface area (Å²) in [5.74, 6) is -0.135. The second kappa shape index (κ2) is 6.47. The molecule has 2 rings (SSSR count). The SMILES string of the molecule is CCc1ccc(NC(=O)[C@@H]2CCCNC2)cc1[N+](=O)[O-]. The van der Waals surface area contributed by atoms with Crippen LogP contribution in [0.15, 0.2) is 18.2 Å². The molecule has 0 aliphatic carbocycles. The van der Waals surface area contributed by atoms with E-state index in [0.29, 0.717) is 24.2 Å². The van der Waals surface area contributed by atoms with E-state index in [4.69, 9.17) is 0 Å². The Kier molecular flexibility index (Phi) is 4.68. The molecule has 1 fully saturated rings. The van der Waals surface area contributed by atoms with Gasteiger partial charge in [0.15, 0.2) is 0 Å². The normalized spacial score (nSPS) is 18.6. The van der Waals surface area contributed by atoms with Crippen LogP contribution in [0.4, 0.5) is 11.4 Å². The van der Waals surface area contributed by atoms with Gasteiger partial charge in [-0.25, -0.2) is 0 Å². The van der Waals surface area contributed by atoms with Gasteiger partial charge in [-0.1, -0.05) is 13.0 Å². The zero-order chi connectivity index (χ0) is 14.5. The number of nitrogens with one attached hydrogen (secondary N) is 2. The monoisotopic (exact) mass is 277 g/mol. The molecule has 1 heterocycles. The molecule has 0 spiro atoms. The third-order valence-corrected chi connectivity index (χ3v) is 3.60. The lowest BCUT2D eigenvalue weighted by atomic mass is 9.98. The summed E-state index contributed by atoms with van der Waals surface area (Å²) >= 11 is 0. The number of nitro benzene ring substituents is 1. The first-order chi connectivity index (χ1) is 9.61. The zero-order valence-electron chi connectivity index (χ0n) is 11.5. The molecule has 1 saturated heterocycles. The summed E-state index contributed by atoms with van der Waals surface area (Å²) in [6.07, 6.45) is 2.43. The first kappa shape index (κ1) is 14.5. The molecule has 1 aromatic carbocycles. The molecule has 108 valence electrons. The van der Waals surface area contributed by atoms with Crippen LogP contribution in [0.3, 0.4) is 0 Å². The van der Waals surface area contributed by atoms with Crippen LogP contribution in [0.1, 0.15) is 25.3 Å². The first-order valence-electron chi connectivity index (χ1n) is 6.90. The highest BCUT2D eigenvalue weighted by Crippen LogP contribution is 2.24. The molecule has 1 aliphatic heterocycles. The maximum absolute atomic E-state index is 12.1. The average molecular weight is 277 g/mol. The number of benzene rings is 1. The van der Waals surface area contributed by atoms with Gasteiger partial charge in [0.2, 0.25) is 5.91 Å². The van der Waals surface area contributed by atoms with Gasteiger partial charge in [0.25, 0.3) is 5.69 Å². The first-order valence-corrected chi connectivity index (χ1v) is 6.90. The summed E-state index contributed by atoms with van der Waals surface area (Å²) in [7, 11) is 0. The largest absolute Gasteiger partial charge is 0.326 e. The summed E-state index contributed by atoms with van der Waals surface area (Å²) in [6.45, 7) is 3.48. The van der Waals surface area contributed by atoms with Crippen molar-refractivity contribution in [3.63, 3.8) is 0 Å².